The first kappa shape index (κ1) is 21.6. The molecule has 1 aromatic heterocycles. The van der Waals surface area contributed by atoms with E-state index in [0.717, 1.165) is 56.9 Å². The lowest BCUT2D eigenvalue weighted by atomic mass is 9.84. The van der Waals surface area contributed by atoms with Crippen molar-refractivity contribution in [3.8, 4) is 33.7 Å². The Balaban J connectivity index is 1.76. The number of benzene rings is 3. The highest BCUT2D eigenvalue weighted by Crippen LogP contribution is 2.49. The van der Waals surface area contributed by atoms with Crippen LogP contribution in [0.1, 0.15) is 11.3 Å². The number of rotatable bonds is 4. The Morgan fingerprint density at radius 2 is 1.82 bits per heavy atom. The SMILES string of the molecule is COC(=O)Oc1c(SC)cc(-c2ccc(Cl)cc2)c2c1-c1cn(-c3ccccc3)nc1CC2. The molecular formula is C26H21ClN2O3S. The van der Waals surface area contributed by atoms with Crippen molar-refractivity contribution in [3.05, 3.63) is 83.1 Å². The molecule has 0 aliphatic heterocycles. The zero-order chi connectivity index (χ0) is 22.9. The molecule has 0 radical (unpaired) electrons. The van der Waals surface area contributed by atoms with E-state index < -0.39 is 6.16 Å². The van der Waals surface area contributed by atoms with Crippen LogP contribution in [-0.4, -0.2) is 29.3 Å². The van der Waals surface area contributed by atoms with Crippen LogP contribution in [0.3, 0.4) is 0 Å². The smallest absolute Gasteiger partial charge is 0.437 e. The maximum atomic E-state index is 12.2. The number of nitrogens with zero attached hydrogens (tertiary/aromatic N) is 2. The molecule has 1 aliphatic carbocycles. The van der Waals surface area contributed by atoms with Gasteiger partial charge in [-0.25, -0.2) is 9.48 Å². The predicted octanol–water partition coefficient (Wildman–Crippen LogP) is 6.83. The Bertz CT molecular complexity index is 1330. The number of halogens is 1. The number of methoxy groups -OCH3 is 1. The average molecular weight is 477 g/mol. The summed E-state index contributed by atoms with van der Waals surface area (Å²) >= 11 is 7.67. The standard InChI is InChI=1S/C26H21ClN2O3S/c1-31-26(30)32-25-23(33-2)14-20(16-8-10-17(27)11-9-16)19-12-13-22-21(24(19)25)15-29(28-22)18-6-4-3-5-7-18/h3-11,14-15H,12-13H2,1-2H3. The van der Waals surface area contributed by atoms with Gasteiger partial charge in [-0.15, -0.1) is 11.8 Å². The van der Waals surface area contributed by atoms with E-state index in [0.29, 0.717) is 10.8 Å². The number of carbonyl (C=O) groups excluding carboxylic acids is 1. The van der Waals surface area contributed by atoms with Gasteiger partial charge < -0.3 is 9.47 Å². The summed E-state index contributed by atoms with van der Waals surface area (Å²) in [6, 6.07) is 19.9. The highest BCUT2D eigenvalue weighted by molar-refractivity contribution is 7.98. The molecule has 4 aromatic rings. The average Bonchev–Trinajstić information content (AvgIpc) is 3.29. The van der Waals surface area contributed by atoms with E-state index in [1.165, 1.54) is 18.9 Å². The molecule has 0 bridgehead atoms. The maximum Gasteiger partial charge on any atom is 0.513 e. The third kappa shape index (κ3) is 4.01. The summed E-state index contributed by atoms with van der Waals surface area (Å²) in [5.74, 6) is 0.510. The molecule has 1 heterocycles. The van der Waals surface area contributed by atoms with Crippen LogP contribution in [0.5, 0.6) is 5.75 Å². The summed E-state index contributed by atoms with van der Waals surface area (Å²) in [5.41, 5.74) is 7.08. The first-order chi connectivity index (χ1) is 16.1. The maximum absolute atomic E-state index is 12.2. The summed E-state index contributed by atoms with van der Waals surface area (Å²) in [6.45, 7) is 0. The third-order valence-corrected chi connectivity index (χ3v) is 6.77. The van der Waals surface area contributed by atoms with Crippen molar-refractivity contribution >= 4 is 29.5 Å². The largest absolute Gasteiger partial charge is 0.513 e. The number of hydrogen-bond acceptors (Lipinski definition) is 5. The van der Waals surface area contributed by atoms with Crippen molar-refractivity contribution in [2.45, 2.75) is 17.7 Å². The van der Waals surface area contributed by atoms with Gasteiger partial charge in [-0.2, -0.15) is 5.10 Å². The summed E-state index contributed by atoms with van der Waals surface area (Å²) in [7, 11) is 1.31. The van der Waals surface area contributed by atoms with Crippen LogP contribution in [0.15, 0.2) is 71.8 Å². The molecule has 0 saturated heterocycles. The van der Waals surface area contributed by atoms with Crippen LogP contribution in [0.2, 0.25) is 5.02 Å². The quantitative estimate of drug-likeness (QED) is 0.183. The minimum absolute atomic E-state index is 0.510. The van der Waals surface area contributed by atoms with Crippen LogP contribution >= 0.6 is 23.4 Å². The molecule has 0 spiro atoms. The number of thioether (sulfide) groups is 1. The van der Waals surface area contributed by atoms with Crippen molar-refractivity contribution in [1.29, 1.82) is 0 Å². The van der Waals surface area contributed by atoms with Crippen LogP contribution < -0.4 is 4.74 Å². The number of ether oxygens (including phenoxy) is 2. The van der Waals surface area contributed by atoms with E-state index in [2.05, 4.69) is 6.07 Å². The lowest BCUT2D eigenvalue weighted by molar-refractivity contribution is 0.120. The van der Waals surface area contributed by atoms with Gasteiger partial charge in [-0.3, -0.25) is 0 Å². The van der Waals surface area contributed by atoms with E-state index in [-0.39, 0.29) is 0 Å². The summed E-state index contributed by atoms with van der Waals surface area (Å²) in [4.78, 5) is 13.0. The topological polar surface area (TPSA) is 53.4 Å². The van der Waals surface area contributed by atoms with Crippen molar-refractivity contribution < 1.29 is 14.3 Å². The van der Waals surface area contributed by atoms with E-state index >= 15 is 0 Å². The number of aromatic nitrogens is 2. The van der Waals surface area contributed by atoms with Gasteiger partial charge in [0.2, 0.25) is 0 Å². The van der Waals surface area contributed by atoms with Crippen molar-refractivity contribution in [2.75, 3.05) is 13.4 Å². The van der Waals surface area contributed by atoms with E-state index in [1.807, 2.05) is 71.7 Å². The van der Waals surface area contributed by atoms with Crippen LogP contribution in [-0.2, 0) is 17.6 Å². The van der Waals surface area contributed by atoms with Gasteiger partial charge in [0.25, 0.3) is 0 Å². The minimum Gasteiger partial charge on any atom is -0.437 e. The normalized spacial score (nSPS) is 12.1. The highest BCUT2D eigenvalue weighted by atomic mass is 35.5. The van der Waals surface area contributed by atoms with Crippen molar-refractivity contribution in [2.24, 2.45) is 0 Å². The number of para-hydroxylation sites is 1. The van der Waals surface area contributed by atoms with Crippen LogP contribution in [0.4, 0.5) is 4.79 Å². The second-order valence-corrected chi connectivity index (χ2v) is 8.93. The molecule has 0 atom stereocenters. The van der Waals surface area contributed by atoms with Crippen molar-refractivity contribution in [3.63, 3.8) is 0 Å². The zero-order valence-electron chi connectivity index (χ0n) is 18.2. The Kier molecular flexibility index (Phi) is 5.87. The lowest BCUT2D eigenvalue weighted by Crippen LogP contribution is -2.13. The molecular weight excluding hydrogens is 456 g/mol. The molecule has 166 valence electrons. The van der Waals surface area contributed by atoms with E-state index in [4.69, 9.17) is 26.2 Å². The molecule has 0 unspecified atom stereocenters. The third-order valence-electron chi connectivity index (χ3n) is 5.77. The Labute approximate surface area is 201 Å². The molecule has 33 heavy (non-hydrogen) atoms. The molecule has 3 aromatic carbocycles. The molecule has 0 saturated carbocycles. The van der Waals surface area contributed by atoms with Crippen LogP contribution in [0.25, 0.3) is 27.9 Å². The first-order valence-electron chi connectivity index (χ1n) is 10.5. The van der Waals surface area contributed by atoms with Gasteiger partial charge in [0.05, 0.1) is 23.4 Å². The highest BCUT2D eigenvalue weighted by Gasteiger charge is 2.30. The first-order valence-corrected chi connectivity index (χ1v) is 12.1. The summed E-state index contributed by atoms with van der Waals surface area (Å²) < 4.78 is 12.4. The molecule has 0 N–H and O–H groups in total. The molecule has 0 amide bonds. The predicted molar refractivity (Wildman–Crippen MR) is 132 cm³/mol. The fourth-order valence-corrected chi connectivity index (χ4v) is 4.94. The van der Waals surface area contributed by atoms with Gasteiger partial charge >= 0.3 is 6.16 Å². The van der Waals surface area contributed by atoms with Gasteiger partial charge in [0.1, 0.15) is 0 Å². The fourth-order valence-electron chi connectivity index (χ4n) is 4.25. The lowest BCUT2D eigenvalue weighted by Gasteiger charge is -2.24. The molecule has 7 heteroatoms. The second kappa shape index (κ2) is 8.96. The number of fused-ring (bicyclic) bond motifs is 3. The van der Waals surface area contributed by atoms with Gasteiger partial charge in [0, 0.05) is 22.3 Å². The molecule has 5 rings (SSSR count). The second-order valence-electron chi connectivity index (χ2n) is 7.64. The minimum atomic E-state index is -0.741. The number of aryl methyl sites for hydroxylation is 1. The van der Waals surface area contributed by atoms with E-state index in [1.54, 1.807) is 0 Å². The molecule has 1 aliphatic rings. The molecule has 0 fully saturated rings. The van der Waals surface area contributed by atoms with Crippen molar-refractivity contribution in [1.82, 2.24) is 9.78 Å². The number of hydrogen-bond donors (Lipinski definition) is 0. The van der Waals surface area contributed by atoms with Gasteiger partial charge in [-0.05, 0) is 66.1 Å². The fraction of sp³-hybridized carbons (Fsp3) is 0.154. The number of carbonyl (C=O) groups is 1. The monoisotopic (exact) mass is 476 g/mol. The Morgan fingerprint density at radius 3 is 2.52 bits per heavy atom. The van der Waals surface area contributed by atoms with Gasteiger partial charge in [0.15, 0.2) is 5.75 Å². The van der Waals surface area contributed by atoms with E-state index in [9.17, 15) is 4.79 Å². The summed E-state index contributed by atoms with van der Waals surface area (Å²) in [6.07, 6.45) is 4.81. The summed E-state index contributed by atoms with van der Waals surface area (Å²) in [5, 5.41) is 5.54. The Hall–Kier alpha value is -3.22. The van der Waals surface area contributed by atoms with Crippen LogP contribution in [0, 0.1) is 0 Å². The Morgan fingerprint density at radius 1 is 1.06 bits per heavy atom. The van der Waals surface area contributed by atoms with Gasteiger partial charge in [-0.1, -0.05) is 41.9 Å². The molecule has 5 nitrogen and oxygen atoms in total. The zero-order valence-corrected chi connectivity index (χ0v) is 19.7.